The molecule has 1 saturated heterocycles. The first kappa shape index (κ1) is 39.2. The second-order valence-corrected chi connectivity index (χ2v) is 11.5. The van der Waals surface area contributed by atoms with Crippen LogP contribution in [0.4, 0.5) is 8.78 Å². The summed E-state index contributed by atoms with van der Waals surface area (Å²) in [5.41, 5.74) is 7.08. The van der Waals surface area contributed by atoms with Crippen LogP contribution in [0.5, 0.6) is 5.75 Å². The van der Waals surface area contributed by atoms with Crippen LogP contribution in [0.15, 0.2) is 84.8 Å². The van der Waals surface area contributed by atoms with Crippen LogP contribution in [0.3, 0.4) is 0 Å². The van der Waals surface area contributed by atoms with Crippen molar-refractivity contribution < 1.29 is 18.3 Å². The fourth-order valence-electron chi connectivity index (χ4n) is 4.75. The van der Waals surface area contributed by atoms with Crippen LogP contribution < -0.4 is 15.6 Å². The van der Waals surface area contributed by atoms with E-state index in [1.165, 1.54) is 82.1 Å². The zero-order valence-electron chi connectivity index (χ0n) is 26.9. The first-order valence-electron chi connectivity index (χ1n) is 15.6. The van der Waals surface area contributed by atoms with Gasteiger partial charge >= 0.3 is 0 Å². The number of likely N-dealkylation sites (tertiary alicyclic amines) is 1. The number of rotatable bonds is 10. The summed E-state index contributed by atoms with van der Waals surface area (Å²) in [6.45, 7) is 14.5. The van der Waals surface area contributed by atoms with Crippen LogP contribution in [0, 0.1) is 5.92 Å². The zero-order chi connectivity index (χ0) is 32.8. The number of hydrogen-bond acceptors (Lipinski definition) is 6. The Morgan fingerprint density at radius 2 is 1.59 bits per heavy atom. The molecule has 2 aromatic carbocycles. The maximum Gasteiger partial charge on any atom is 0.279 e. The minimum atomic E-state index is -3.11. The van der Waals surface area contributed by atoms with Crippen molar-refractivity contribution in [2.45, 2.75) is 82.1 Å². The van der Waals surface area contributed by atoms with E-state index in [-0.39, 0.29) is 11.8 Å². The van der Waals surface area contributed by atoms with Gasteiger partial charge in [-0.05, 0) is 99.1 Å². The molecule has 1 aliphatic carbocycles. The third-order valence-corrected chi connectivity index (χ3v) is 7.98. The highest BCUT2D eigenvalue weighted by atomic mass is 32.2. The van der Waals surface area contributed by atoms with Gasteiger partial charge in [0, 0.05) is 16.5 Å². The molecule has 1 aliphatic heterocycles. The lowest BCUT2D eigenvalue weighted by atomic mass is 9.90. The Balaban J connectivity index is 0.000000340. The van der Waals surface area contributed by atoms with Gasteiger partial charge in [0.2, 0.25) is 0 Å². The molecule has 5 nitrogen and oxygen atoms in total. The summed E-state index contributed by atoms with van der Waals surface area (Å²) in [6, 6.07) is 14.3. The maximum atomic E-state index is 13.4. The Labute approximate surface area is 268 Å². The summed E-state index contributed by atoms with van der Waals surface area (Å²) in [5.74, 6) is -1.39. The van der Waals surface area contributed by atoms with E-state index in [1.807, 2.05) is 38.1 Å². The predicted octanol–water partition coefficient (Wildman–Crippen LogP) is 8.80. The molecule has 0 radical (unpaired) electrons. The van der Waals surface area contributed by atoms with E-state index in [0.717, 1.165) is 34.3 Å². The second-order valence-electron chi connectivity index (χ2n) is 10.8. The van der Waals surface area contributed by atoms with Crippen LogP contribution >= 0.6 is 11.9 Å². The molecule has 1 heterocycles. The number of aldehydes is 1. The van der Waals surface area contributed by atoms with Gasteiger partial charge in [0.25, 0.3) is 5.92 Å². The largest absolute Gasteiger partial charge is 0.493 e. The highest BCUT2D eigenvalue weighted by molar-refractivity contribution is 7.97. The third-order valence-electron chi connectivity index (χ3n) is 7.43. The Kier molecular flexibility index (Phi) is 20.2. The Morgan fingerprint density at radius 3 is 2.07 bits per heavy atom. The molecular weight excluding hydrogens is 576 g/mol. The van der Waals surface area contributed by atoms with Gasteiger partial charge in [0.1, 0.15) is 12.0 Å². The molecule has 2 fully saturated rings. The van der Waals surface area contributed by atoms with Crippen molar-refractivity contribution in [3.63, 3.8) is 0 Å². The van der Waals surface area contributed by atoms with Gasteiger partial charge in [-0.15, -0.1) is 0 Å². The summed E-state index contributed by atoms with van der Waals surface area (Å²) < 4.78 is 32.7. The first-order valence-corrected chi connectivity index (χ1v) is 16.5. The minimum absolute atomic E-state index is 0.166. The van der Waals surface area contributed by atoms with E-state index in [4.69, 9.17) is 15.6 Å². The summed E-state index contributed by atoms with van der Waals surface area (Å²) in [4.78, 5) is 13.6. The molecule has 0 bridgehead atoms. The van der Waals surface area contributed by atoms with E-state index >= 15 is 0 Å². The Morgan fingerprint density at radius 1 is 1.00 bits per heavy atom. The Bertz CT molecular complexity index is 1080. The van der Waals surface area contributed by atoms with E-state index in [0.29, 0.717) is 6.04 Å². The normalized spacial score (nSPS) is 16.1. The molecule has 4 rings (SSSR count). The Hall–Kier alpha value is -2.78. The van der Waals surface area contributed by atoms with Crippen molar-refractivity contribution in [1.29, 1.82) is 0 Å². The van der Waals surface area contributed by atoms with Gasteiger partial charge < -0.3 is 20.2 Å². The summed E-state index contributed by atoms with van der Waals surface area (Å²) in [7, 11) is 2.14. The van der Waals surface area contributed by atoms with E-state index < -0.39 is 12.3 Å². The number of carbonyl (C=O) groups excluding carboxylic acids is 1. The maximum absolute atomic E-state index is 13.4. The fourth-order valence-corrected chi connectivity index (χ4v) is 5.04. The average Bonchev–Trinajstić information content (AvgIpc) is 3.06. The molecule has 2 aromatic rings. The lowest BCUT2D eigenvalue weighted by Crippen LogP contribution is -2.37. The summed E-state index contributed by atoms with van der Waals surface area (Å²) in [6.07, 6.45) is 13.6. The van der Waals surface area contributed by atoms with Gasteiger partial charge in [0.05, 0.1) is 13.0 Å². The van der Waals surface area contributed by atoms with E-state index in [1.54, 1.807) is 30.4 Å². The molecule has 2 aliphatic rings. The zero-order valence-corrected chi connectivity index (χ0v) is 27.7. The van der Waals surface area contributed by atoms with Gasteiger partial charge in [0.15, 0.2) is 0 Å². The quantitative estimate of drug-likeness (QED) is 0.155. The SMILES string of the molecule is C=C/C=C(\C=C)c1ccc(C(F)(F)CC=O)cc1.CC.CN1CCC(N)CC1.NSc1ccc(OCC2CCCCC2)cc1. The van der Waals surface area contributed by atoms with Gasteiger partial charge in [-0.3, -0.25) is 5.14 Å². The molecule has 0 amide bonds. The highest BCUT2D eigenvalue weighted by Crippen LogP contribution is 2.31. The highest BCUT2D eigenvalue weighted by Gasteiger charge is 2.30. The van der Waals surface area contributed by atoms with Crippen molar-refractivity contribution in [3.05, 3.63) is 91.0 Å². The van der Waals surface area contributed by atoms with E-state index in [2.05, 4.69) is 25.1 Å². The first-order chi connectivity index (χ1) is 21.2. The molecule has 44 heavy (non-hydrogen) atoms. The number of allylic oxidation sites excluding steroid dienone is 4. The number of halogens is 2. The smallest absolute Gasteiger partial charge is 0.279 e. The lowest BCUT2D eigenvalue weighted by Gasteiger charge is -2.25. The average molecular weight is 630 g/mol. The van der Waals surface area contributed by atoms with Crippen LogP contribution in [0.25, 0.3) is 5.57 Å². The van der Waals surface area contributed by atoms with Crippen molar-refractivity contribution in [2.24, 2.45) is 16.8 Å². The number of carbonyl (C=O) groups is 1. The molecule has 0 atom stereocenters. The number of ether oxygens (including phenoxy) is 1. The third kappa shape index (κ3) is 15.3. The van der Waals surface area contributed by atoms with Crippen LogP contribution in [-0.4, -0.2) is 44.0 Å². The van der Waals surface area contributed by atoms with Gasteiger partial charge in [-0.2, -0.15) is 0 Å². The summed E-state index contributed by atoms with van der Waals surface area (Å²) in [5, 5.41) is 5.47. The number of nitrogens with zero attached hydrogens (tertiary/aromatic N) is 1. The number of alkyl halides is 2. The van der Waals surface area contributed by atoms with E-state index in [9.17, 15) is 13.6 Å². The standard InChI is InChI=1S/C15H14F2O.C13H19NOS.C6H14N2.C2H6/c1-3-5-12(4-2)13-6-8-14(9-7-13)15(16,17)10-11-18;14-16-13-8-6-12(7-9-13)15-10-11-4-2-1-3-5-11;1-8-4-2-6(7)3-5-8;1-2/h3-9,11H,1-2,10H2;6-9,11H,1-5,10,14H2;6H,2-5,7H2,1H3;1-2H3/b12-5+;;;. The number of benzene rings is 2. The van der Waals surface area contributed by atoms with Crippen molar-refractivity contribution >= 4 is 23.8 Å². The van der Waals surface area contributed by atoms with Crippen LogP contribution in [0.2, 0.25) is 0 Å². The topological polar surface area (TPSA) is 81.6 Å². The van der Waals surface area contributed by atoms with Gasteiger partial charge in [-0.1, -0.05) is 88.8 Å². The van der Waals surface area contributed by atoms with Crippen molar-refractivity contribution in [3.8, 4) is 5.75 Å². The van der Waals surface area contributed by atoms with Crippen LogP contribution in [0.1, 0.15) is 76.3 Å². The molecule has 244 valence electrons. The fraction of sp³-hybridized carbons (Fsp3) is 0.472. The number of hydrogen-bond donors (Lipinski definition) is 2. The minimum Gasteiger partial charge on any atom is -0.493 e. The molecule has 0 aromatic heterocycles. The monoisotopic (exact) mass is 629 g/mol. The molecule has 4 N–H and O–H groups in total. The van der Waals surface area contributed by atoms with Crippen molar-refractivity contribution in [1.82, 2.24) is 4.90 Å². The molecular formula is C36H53F2N3O2S. The van der Waals surface area contributed by atoms with Gasteiger partial charge in [-0.25, -0.2) is 8.78 Å². The van der Waals surface area contributed by atoms with Crippen LogP contribution in [-0.2, 0) is 10.7 Å². The molecule has 1 saturated carbocycles. The second kappa shape index (κ2) is 22.7. The number of nitrogens with two attached hydrogens (primary N) is 2. The summed E-state index contributed by atoms with van der Waals surface area (Å²) >= 11 is 1.27. The molecule has 0 unspecified atom stereocenters. The molecule has 0 spiro atoms. The number of piperidine rings is 1. The molecule has 8 heteroatoms. The lowest BCUT2D eigenvalue weighted by molar-refractivity contribution is -0.115. The predicted molar refractivity (Wildman–Crippen MR) is 184 cm³/mol. The van der Waals surface area contributed by atoms with Crippen molar-refractivity contribution in [2.75, 3.05) is 26.7 Å².